The van der Waals surface area contributed by atoms with Gasteiger partial charge in [0.05, 0.1) is 28.0 Å². The zero-order valence-electron chi connectivity index (χ0n) is 44.5. The number of hydrogen-bond donors (Lipinski definition) is 0. The lowest BCUT2D eigenvalue weighted by Crippen LogP contribution is -2.28. The third-order valence-electron chi connectivity index (χ3n) is 17.0. The molecule has 1 unspecified atom stereocenters. The number of benzene rings is 12. The summed E-state index contributed by atoms with van der Waals surface area (Å²) in [5, 5.41) is 3.70. The van der Waals surface area contributed by atoms with E-state index in [0.717, 1.165) is 45.7 Å². The van der Waals surface area contributed by atoms with Crippen molar-refractivity contribution >= 4 is 44.8 Å². The van der Waals surface area contributed by atoms with E-state index >= 15 is 0 Å². The molecule has 1 heterocycles. The topological polar surface area (TPSA) is 8.17 Å². The fraction of sp³-hybridized carbons (Fsp3) is 0.0513. The van der Waals surface area contributed by atoms with Crippen LogP contribution in [-0.2, 0) is 11.8 Å². The minimum Gasteiger partial charge on any atom is -0.313 e. The van der Waals surface area contributed by atoms with E-state index in [2.05, 4.69) is 320 Å². The standard InChI is InChI=1S/C78H56N2/c1-53-47-49-64-65-50-48-56(52-75(65)79(74(64)51-53)59-33-12-5-13-34-59)60-35-15-19-44-71(60)80(72-45-20-16-36-62(72)66-40-23-28-55-27-22-39-61(76(55)66)54-25-6-2-7-26-54)73-46-21-17-37-63(73)67-41-24-43-70-77(67)68-38-14-18-42-69(68)78(70,57-29-8-3-9-30-57)58-31-10-4-11-32-58/h2-50,52-53H,51H2,1H3. The normalized spacial score (nSPS) is 13.9. The lowest BCUT2D eigenvalue weighted by atomic mass is 9.67. The minimum absolute atomic E-state index is 0.445. The van der Waals surface area contributed by atoms with Crippen LogP contribution in [-0.4, -0.2) is 4.57 Å². The zero-order chi connectivity index (χ0) is 53.2. The molecule has 0 saturated heterocycles. The molecular formula is C78H56N2. The second-order valence-electron chi connectivity index (χ2n) is 21.5. The van der Waals surface area contributed by atoms with Gasteiger partial charge in [-0.25, -0.2) is 0 Å². The quantitative estimate of drug-likeness (QED) is 0.133. The van der Waals surface area contributed by atoms with Gasteiger partial charge >= 0.3 is 0 Å². The highest BCUT2D eigenvalue weighted by Gasteiger charge is 2.47. The molecule has 1 atom stereocenters. The minimum atomic E-state index is -0.549. The van der Waals surface area contributed by atoms with Gasteiger partial charge in [-0.05, 0) is 121 Å². The Morgan fingerprint density at radius 3 is 1.57 bits per heavy atom. The molecule has 0 radical (unpaired) electrons. The van der Waals surface area contributed by atoms with Gasteiger partial charge < -0.3 is 9.47 Å². The number of allylic oxidation sites excluding steroid dienone is 1. The lowest BCUT2D eigenvalue weighted by molar-refractivity contribution is 0.690. The van der Waals surface area contributed by atoms with Crippen LogP contribution in [0.5, 0.6) is 0 Å². The van der Waals surface area contributed by atoms with E-state index in [1.807, 2.05) is 0 Å². The first-order valence-electron chi connectivity index (χ1n) is 28.1. The van der Waals surface area contributed by atoms with E-state index in [9.17, 15) is 0 Å². The maximum atomic E-state index is 2.57. The SMILES string of the molecule is CC1C=Cc2c(n(-c3ccccc3)c3cc(-c4ccccc4N(c4ccccc4-c4cccc5c4-c4ccccc4C5(c4ccccc4)c4ccccc4)c4ccccc4-c4cccc5cccc(-c6ccccc6)c45)ccc23)C1. The van der Waals surface area contributed by atoms with Crippen molar-refractivity contribution in [3.05, 3.63) is 331 Å². The van der Waals surface area contributed by atoms with Gasteiger partial charge in [-0.15, -0.1) is 0 Å². The summed E-state index contributed by atoms with van der Waals surface area (Å²) in [4.78, 5) is 2.57. The highest BCUT2D eigenvalue weighted by Crippen LogP contribution is 2.60. The lowest BCUT2D eigenvalue weighted by Gasteiger charge is -2.34. The van der Waals surface area contributed by atoms with E-state index in [-0.39, 0.29) is 0 Å². The molecule has 0 amide bonds. The van der Waals surface area contributed by atoms with Gasteiger partial charge in [0.1, 0.15) is 0 Å². The van der Waals surface area contributed by atoms with Gasteiger partial charge in [-0.3, -0.25) is 0 Å². The van der Waals surface area contributed by atoms with Crippen LogP contribution in [0, 0.1) is 5.92 Å². The van der Waals surface area contributed by atoms with Gasteiger partial charge in [0.25, 0.3) is 0 Å². The maximum Gasteiger partial charge on any atom is 0.0713 e. The van der Waals surface area contributed by atoms with Crippen LogP contribution in [0.2, 0.25) is 0 Å². The molecule has 0 spiro atoms. The molecule has 1 aromatic heterocycles. The van der Waals surface area contributed by atoms with Gasteiger partial charge in [-0.2, -0.15) is 0 Å². The Morgan fingerprint density at radius 1 is 0.400 bits per heavy atom. The van der Waals surface area contributed by atoms with Crippen LogP contribution in [0.25, 0.3) is 89.1 Å². The Balaban J connectivity index is 1.01. The molecule has 378 valence electrons. The third kappa shape index (κ3) is 7.48. The molecule has 2 aliphatic carbocycles. The molecule has 13 aromatic rings. The summed E-state index contributed by atoms with van der Waals surface area (Å²) in [6.45, 7) is 2.32. The van der Waals surface area contributed by atoms with Gasteiger partial charge in [-0.1, -0.05) is 274 Å². The molecule has 0 fully saturated rings. The molecule has 0 aliphatic heterocycles. The Morgan fingerprint density at radius 2 is 0.900 bits per heavy atom. The van der Waals surface area contributed by atoms with E-state index in [4.69, 9.17) is 0 Å². The van der Waals surface area contributed by atoms with Crippen molar-refractivity contribution in [3.63, 3.8) is 0 Å². The largest absolute Gasteiger partial charge is 0.313 e. The van der Waals surface area contributed by atoms with E-state index in [1.165, 1.54) is 94.3 Å². The molecule has 2 aliphatic rings. The smallest absolute Gasteiger partial charge is 0.0713 e. The second-order valence-corrected chi connectivity index (χ2v) is 21.5. The average molecular weight is 1020 g/mol. The predicted octanol–water partition coefficient (Wildman–Crippen LogP) is 20.5. The highest BCUT2D eigenvalue weighted by molar-refractivity contribution is 6.10. The summed E-state index contributed by atoms with van der Waals surface area (Å²) < 4.78 is 2.52. The first kappa shape index (κ1) is 47.2. The Labute approximate surface area is 468 Å². The summed E-state index contributed by atoms with van der Waals surface area (Å²) in [6.07, 6.45) is 5.71. The molecule has 80 heavy (non-hydrogen) atoms. The van der Waals surface area contributed by atoms with Crippen LogP contribution in [0.1, 0.15) is 40.4 Å². The van der Waals surface area contributed by atoms with Crippen molar-refractivity contribution < 1.29 is 0 Å². The van der Waals surface area contributed by atoms with E-state index in [1.54, 1.807) is 0 Å². The zero-order valence-corrected chi connectivity index (χ0v) is 44.5. The Hall–Kier alpha value is -10.0. The van der Waals surface area contributed by atoms with E-state index < -0.39 is 5.41 Å². The summed E-state index contributed by atoms with van der Waals surface area (Å²) in [7, 11) is 0. The van der Waals surface area contributed by atoms with Crippen molar-refractivity contribution in [1.82, 2.24) is 4.57 Å². The summed E-state index contributed by atoms with van der Waals surface area (Å²) in [5.41, 5.74) is 24.7. The molecule has 2 nitrogen and oxygen atoms in total. The summed E-state index contributed by atoms with van der Waals surface area (Å²) in [6, 6.07) is 108. The first-order valence-corrected chi connectivity index (χ1v) is 28.1. The molecule has 12 aromatic carbocycles. The molecule has 0 saturated carbocycles. The van der Waals surface area contributed by atoms with Crippen LogP contribution in [0.15, 0.2) is 297 Å². The van der Waals surface area contributed by atoms with Crippen molar-refractivity contribution in [2.45, 2.75) is 18.8 Å². The fourth-order valence-electron chi connectivity index (χ4n) is 13.7. The molecule has 15 rings (SSSR count). The second kappa shape index (κ2) is 19.5. The van der Waals surface area contributed by atoms with Crippen LogP contribution in [0.4, 0.5) is 17.1 Å². The third-order valence-corrected chi connectivity index (χ3v) is 17.0. The number of rotatable bonds is 10. The Bertz CT molecular complexity index is 4470. The molecule has 0 N–H and O–H groups in total. The van der Waals surface area contributed by atoms with Crippen molar-refractivity contribution in [2.24, 2.45) is 5.92 Å². The predicted molar refractivity (Wildman–Crippen MR) is 336 cm³/mol. The number of hydrogen-bond acceptors (Lipinski definition) is 1. The number of para-hydroxylation sites is 4. The van der Waals surface area contributed by atoms with Crippen LogP contribution in [0.3, 0.4) is 0 Å². The molecular weight excluding hydrogens is 965 g/mol. The van der Waals surface area contributed by atoms with Gasteiger partial charge in [0, 0.05) is 39.0 Å². The number of fused-ring (bicyclic) bond motifs is 7. The number of nitrogens with zero attached hydrogens (tertiary/aromatic N) is 2. The number of aromatic nitrogens is 1. The van der Waals surface area contributed by atoms with E-state index in [0.29, 0.717) is 5.92 Å². The van der Waals surface area contributed by atoms with Crippen molar-refractivity contribution in [3.8, 4) is 61.3 Å². The summed E-state index contributed by atoms with van der Waals surface area (Å²) >= 11 is 0. The first-order chi connectivity index (χ1) is 39.6. The average Bonchev–Trinajstić information content (AvgIpc) is 4.18. The van der Waals surface area contributed by atoms with Crippen molar-refractivity contribution in [1.29, 1.82) is 0 Å². The van der Waals surface area contributed by atoms with Crippen LogP contribution >= 0.6 is 0 Å². The maximum absolute atomic E-state index is 2.57. The molecule has 0 bridgehead atoms. The highest BCUT2D eigenvalue weighted by atomic mass is 15.2. The van der Waals surface area contributed by atoms with Gasteiger partial charge in [0.2, 0.25) is 0 Å². The monoisotopic (exact) mass is 1020 g/mol. The van der Waals surface area contributed by atoms with Gasteiger partial charge in [0.15, 0.2) is 0 Å². The van der Waals surface area contributed by atoms with Crippen LogP contribution < -0.4 is 4.90 Å². The fourth-order valence-corrected chi connectivity index (χ4v) is 13.7. The van der Waals surface area contributed by atoms with Crippen molar-refractivity contribution in [2.75, 3.05) is 4.90 Å². The Kier molecular flexibility index (Phi) is 11.5. The molecule has 2 heteroatoms. The summed E-state index contributed by atoms with van der Waals surface area (Å²) in [5.74, 6) is 0.445. The number of anilines is 3.